The SMILES string of the molecule is O=C(c1ccc2nc(-c3ccccc3)c(-c3ccccc3)nc2c1)N1CCCCC1CO. The number of fused-ring (bicyclic) bond motifs is 1. The van der Waals surface area contributed by atoms with Crippen LogP contribution in [0.15, 0.2) is 78.9 Å². The van der Waals surface area contributed by atoms with Crippen molar-refractivity contribution in [1.29, 1.82) is 0 Å². The zero-order valence-electron chi connectivity index (χ0n) is 17.8. The minimum Gasteiger partial charge on any atom is -0.394 e. The molecule has 1 amide bonds. The molecule has 0 radical (unpaired) electrons. The summed E-state index contributed by atoms with van der Waals surface area (Å²) in [5, 5.41) is 9.71. The van der Waals surface area contributed by atoms with Gasteiger partial charge in [0.1, 0.15) is 0 Å². The average Bonchev–Trinajstić information content (AvgIpc) is 2.88. The van der Waals surface area contributed by atoms with Crippen molar-refractivity contribution < 1.29 is 9.90 Å². The average molecular weight is 424 g/mol. The molecule has 1 aliphatic heterocycles. The van der Waals surface area contributed by atoms with Gasteiger partial charge in [0.05, 0.1) is 35.1 Å². The van der Waals surface area contributed by atoms with E-state index in [9.17, 15) is 9.90 Å². The van der Waals surface area contributed by atoms with Crippen molar-refractivity contribution in [2.45, 2.75) is 25.3 Å². The first kappa shape index (κ1) is 20.3. The van der Waals surface area contributed by atoms with Crippen LogP contribution >= 0.6 is 0 Å². The lowest BCUT2D eigenvalue weighted by molar-refractivity contribution is 0.0503. The van der Waals surface area contributed by atoms with Gasteiger partial charge >= 0.3 is 0 Å². The molecular formula is C27H25N3O2. The summed E-state index contributed by atoms with van der Waals surface area (Å²) in [4.78, 5) is 24.9. The number of aliphatic hydroxyl groups is 1. The molecule has 1 N–H and O–H groups in total. The standard InChI is InChI=1S/C27H25N3O2/c31-18-22-13-7-8-16-30(22)27(32)21-14-15-23-24(17-21)29-26(20-11-5-2-6-12-20)25(28-23)19-9-3-1-4-10-19/h1-6,9-12,14-15,17,22,31H,7-8,13,16,18H2. The van der Waals surface area contributed by atoms with Crippen LogP contribution in [0.25, 0.3) is 33.5 Å². The summed E-state index contributed by atoms with van der Waals surface area (Å²) < 4.78 is 0. The van der Waals surface area contributed by atoms with Crippen LogP contribution in [-0.4, -0.2) is 45.1 Å². The number of piperidine rings is 1. The Morgan fingerprint density at radius 3 is 2.09 bits per heavy atom. The van der Waals surface area contributed by atoms with E-state index in [2.05, 4.69) is 0 Å². The maximum Gasteiger partial charge on any atom is 0.254 e. The summed E-state index contributed by atoms with van der Waals surface area (Å²) in [6.45, 7) is 0.674. The lowest BCUT2D eigenvalue weighted by Crippen LogP contribution is -2.45. The fraction of sp³-hybridized carbons (Fsp3) is 0.222. The van der Waals surface area contributed by atoms with E-state index in [4.69, 9.17) is 9.97 Å². The third-order valence-electron chi connectivity index (χ3n) is 6.10. The summed E-state index contributed by atoms with van der Waals surface area (Å²) in [5.41, 5.74) is 5.61. The van der Waals surface area contributed by atoms with Gasteiger partial charge in [0.2, 0.25) is 0 Å². The van der Waals surface area contributed by atoms with E-state index in [1.54, 1.807) is 4.90 Å². The maximum atomic E-state index is 13.2. The third kappa shape index (κ3) is 3.87. The highest BCUT2D eigenvalue weighted by molar-refractivity contribution is 5.98. The normalized spacial score (nSPS) is 16.3. The highest BCUT2D eigenvalue weighted by Gasteiger charge is 2.27. The molecule has 4 aromatic rings. The number of hydrogen-bond acceptors (Lipinski definition) is 4. The van der Waals surface area contributed by atoms with Crippen molar-refractivity contribution in [2.24, 2.45) is 0 Å². The second-order valence-electron chi connectivity index (χ2n) is 8.19. The van der Waals surface area contributed by atoms with E-state index in [1.165, 1.54) is 0 Å². The number of amides is 1. The molecule has 5 nitrogen and oxygen atoms in total. The van der Waals surface area contributed by atoms with E-state index >= 15 is 0 Å². The van der Waals surface area contributed by atoms with Gasteiger partial charge in [-0.05, 0) is 37.5 Å². The number of carbonyl (C=O) groups is 1. The molecule has 0 bridgehead atoms. The van der Waals surface area contributed by atoms with Crippen LogP contribution in [-0.2, 0) is 0 Å². The third-order valence-corrected chi connectivity index (χ3v) is 6.10. The molecule has 1 aromatic heterocycles. The molecule has 160 valence electrons. The first-order chi connectivity index (χ1) is 15.7. The van der Waals surface area contributed by atoms with E-state index in [0.717, 1.165) is 47.3 Å². The summed E-state index contributed by atoms with van der Waals surface area (Å²) in [5.74, 6) is -0.0548. The number of likely N-dealkylation sites (tertiary alicyclic amines) is 1. The largest absolute Gasteiger partial charge is 0.394 e. The Kier molecular flexibility index (Phi) is 5.65. The Balaban J connectivity index is 1.61. The number of rotatable bonds is 4. The molecule has 2 heterocycles. The first-order valence-electron chi connectivity index (χ1n) is 11.1. The molecular weight excluding hydrogens is 398 g/mol. The van der Waals surface area contributed by atoms with Gasteiger partial charge in [-0.15, -0.1) is 0 Å². The van der Waals surface area contributed by atoms with E-state index in [1.807, 2.05) is 78.9 Å². The topological polar surface area (TPSA) is 66.3 Å². The molecule has 1 saturated heterocycles. The van der Waals surface area contributed by atoms with Crippen LogP contribution in [0.2, 0.25) is 0 Å². The zero-order valence-corrected chi connectivity index (χ0v) is 17.8. The summed E-state index contributed by atoms with van der Waals surface area (Å²) in [6, 6.07) is 25.4. The Morgan fingerprint density at radius 1 is 0.844 bits per heavy atom. The quantitative estimate of drug-likeness (QED) is 0.504. The molecule has 32 heavy (non-hydrogen) atoms. The highest BCUT2D eigenvalue weighted by Crippen LogP contribution is 2.31. The zero-order chi connectivity index (χ0) is 21.9. The predicted octanol–water partition coefficient (Wildman–Crippen LogP) is 4.95. The first-order valence-corrected chi connectivity index (χ1v) is 11.1. The Labute approximate surface area is 187 Å². The van der Waals surface area contributed by atoms with Crippen molar-refractivity contribution >= 4 is 16.9 Å². The number of carbonyl (C=O) groups excluding carboxylic acids is 1. The second-order valence-corrected chi connectivity index (χ2v) is 8.19. The van der Waals surface area contributed by atoms with Crippen molar-refractivity contribution in [1.82, 2.24) is 14.9 Å². The van der Waals surface area contributed by atoms with Crippen molar-refractivity contribution in [3.8, 4) is 22.5 Å². The molecule has 0 spiro atoms. The van der Waals surface area contributed by atoms with Crippen LogP contribution in [0.1, 0.15) is 29.6 Å². The minimum absolute atomic E-state index is 0.00226. The van der Waals surface area contributed by atoms with Gasteiger partial charge in [0, 0.05) is 23.2 Å². The predicted molar refractivity (Wildman–Crippen MR) is 126 cm³/mol. The molecule has 0 saturated carbocycles. The molecule has 0 aliphatic carbocycles. The van der Waals surface area contributed by atoms with E-state index in [0.29, 0.717) is 17.6 Å². The molecule has 3 aromatic carbocycles. The van der Waals surface area contributed by atoms with Gasteiger partial charge in [0.25, 0.3) is 5.91 Å². The van der Waals surface area contributed by atoms with Crippen LogP contribution in [0, 0.1) is 0 Å². The van der Waals surface area contributed by atoms with Gasteiger partial charge in [-0.2, -0.15) is 0 Å². The monoisotopic (exact) mass is 423 g/mol. The van der Waals surface area contributed by atoms with Crippen molar-refractivity contribution in [2.75, 3.05) is 13.2 Å². The fourth-order valence-corrected chi connectivity index (χ4v) is 4.41. The number of hydrogen-bond donors (Lipinski definition) is 1. The van der Waals surface area contributed by atoms with E-state index < -0.39 is 0 Å². The number of nitrogens with zero attached hydrogens (tertiary/aromatic N) is 3. The number of aliphatic hydroxyl groups excluding tert-OH is 1. The van der Waals surface area contributed by atoms with Crippen LogP contribution < -0.4 is 0 Å². The van der Waals surface area contributed by atoms with Gasteiger partial charge in [-0.25, -0.2) is 9.97 Å². The Hall–Kier alpha value is -3.57. The van der Waals surface area contributed by atoms with Crippen molar-refractivity contribution in [3.05, 3.63) is 84.4 Å². The van der Waals surface area contributed by atoms with E-state index in [-0.39, 0.29) is 18.6 Å². The molecule has 1 fully saturated rings. The van der Waals surface area contributed by atoms with Gasteiger partial charge in [-0.3, -0.25) is 4.79 Å². The van der Waals surface area contributed by atoms with Gasteiger partial charge in [0.15, 0.2) is 0 Å². The lowest BCUT2D eigenvalue weighted by Gasteiger charge is -2.34. The molecule has 1 atom stereocenters. The van der Waals surface area contributed by atoms with Gasteiger partial charge < -0.3 is 10.0 Å². The van der Waals surface area contributed by atoms with Gasteiger partial charge in [-0.1, -0.05) is 60.7 Å². The molecule has 5 rings (SSSR count). The van der Waals surface area contributed by atoms with Crippen LogP contribution in [0.3, 0.4) is 0 Å². The molecule has 1 unspecified atom stereocenters. The Morgan fingerprint density at radius 2 is 1.47 bits per heavy atom. The highest BCUT2D eigenvalue weighted by atomic mass is 16.3. The fourth-order valence-electron chi connectivity index (χ4n) is 4.41. The second kappa shape index (κ2) is 8.89. The summed E-state index contributed by atoms with van der Waals surface area (Å²) in [6.07, 6.45) is 2.85. The van der Waals surface area contributed by atoms with Crippen LogP contribution in [0.5, 0.6) is 0 Å². The smallest absolute Gasteiger partial charge is 0.254 e. The van der Waals surface area contributed by atoms with Crippen molar-refractivity contribution in [3.63, 3.8) is 0 Å². The number of aromatic nitrogens is 2. The maximum absolute atomic E-state index is 13.2. The minimum atomic E-state index is -0.113. The molecule has 5 heteroatoms. The summed E-state index contributed by atoms with van der Waals surface area (Å²) >= 11 is 0. The lowest BCUT2D eigenvalue weighted by atomic mass is 10.0. The molecule has 1 aliphatic rings. The summed E-state index contributed by atoms with van der Waals surface area (Å²) in [7, 11) is 0. The van der Waals surface area contributed by atoms with Crippen LogP contribution in [0.4, 0.5) is 0 Å². The number of benzene rings is 3. The Bertz CT molecular complexity index is 1240.